The van der Waals surface area contributed by atoms with Crippen LogP contribution >= 0.6 is 0 Å². The molecule has 17 nitrogen and oxygen atoms in total. The van der Waals surface area contributed by atoms with Gasteiger partial charge in [-0.1, -0.05) is 81.4 Å². The van der Waals surface area contributed by atoms with Gasteiger partial charge in [-0.15, -0.1) is 0 Å². The molecule has 2 aromatic carbocycles. The standard InChI is InChI=1S/C24H35N3O5SSi.C18H21N3O5S.C4H8O/c1-24(2,3)34(4,5)32-20-11-12-22(25-17-20)26-33(29,30)21-13-15-27(16-14-21)23(28)31-18-19-9-7-6-8-10-19;22-15-6-7-17(19-12-15)20-27(24,25)16-8-10-21(11-9-16)18(23)26-13-14-4-2-1-3-5-14;1-2-4-5-3-1/h6-12,17,21H,13-16,18H2,1-5H3,(H,25,26);1-7,12,16,22H,8-11,13H2,(H,19,20);1-4H2. The number of hydrogen-bond acceptors (Lipinski definition) is 13. The van der Waals surface area contributed by atoms with Crippen LogP contribution in [0.25, 0.3) is 0 Å². The van der Waals surface area contributed by atoms with Crippen LogP contribution in [0.3, 0.4) is 0 Å². The topological polar surface area (TPSA) is 216 Å². The number of aromatic hydroxyl groups is 1. The lowest BCUT2D eigenvalue weighted by Gasteiger charge is -2.36. The number of benzene rings is 2. The number of hydrogen-bond donors (Lipinski definition) is 3. The molecule has 2 amide bonds. The van der Waals surface area contributed by atoms with E-state index in [-0.39, 0.29) is 35.6 Å². The predicted molar refractivity (Wildman–Crippen MR) is 256 cm³/mol. The fraction of sp³-hybridized carbons (Fsp3) is 0.478. The number of anilines is 2. The Morgan fingerprint density at radius 3 is 1.45 bits per heavy atom. The van der Waals surface area contributed by atoms with Crippen LogP contribution in [0, 0.1) is 0 Å². The van der Waals surface area contributed by atoms with Crippen molar-refractivity contribution in [1.29, 1.82) is 0 Å². The Morgan fingerprint density at radius 1 is 0.682 bits per heavy atom. The maximum atomic E-state index is 12.9. The molecule has 2 aromatic heterocycles. The number of carbonyl (C=O) groups is 2. The van der Waals surface area contributed by atoms with Crippen molar-refractivity contribution in [2.75, 3.05) is 48.8 Å². The van der Waals surface area contributed by atoms with E-state index in [1.54, 1.807) is 23.2 Å². The molecule has 66 heavy (non-hydrogen) atoms. The fourth-order valence-electron chi connectivity index (χ4n) is 6.68. The number of carbonyl (C=O) groups excluding carboxylic acids is 2. The summed E-state index contributed by atoms with van der Waals surface area (Å²) in [5.74, 6) is 1.00. The van der Waals surface area contributed by atoms with Crippen LogP contribution < -0.4 is 13.9 Å². The number of sulfonamides is 2. The Bertz CT molecular complexity index is 2330. The fourth-order valence-corrected chi connectivity index (χ4v) is 10.5. The molecule has 0 radical (unpaired) electrons. The Kier molecular flexibility index (Phi) is 18.6. The van der Waals surface area contributed by atoms with Crippen LogP contribution in [0.2, 0.25) is 18.1 Å². The average molecular weight is 969 g/mol. The minimum absolute atomic E-state index is 0.0414. The second-order valence-electron chi connectivity index (χ2n) is 17.7. The van der Waals surface area contributed by atoms with Crippen molar-refractivity contribution >= 4 is 52.2 Å². The molecule has 3 N–H and O–H groups in total. The van der Waals surface area contributed by atoms with Crippen LogP contribution in [0.15, 0.2) is 97.3 Å². The molecule has 3 fully saturated rings. The van der Waals surface area contributed by atoms with Crippen molar-refractivity contribution < 1.29 is 50.2 Å². The number of nitrogens with one attached hydrogen (secondary N) is 2. The minimum atomic E-state index is -3.64. The third-order valence-corrected chi connectivity index (χ3v) is 19.7. The van der Waals surface area contributed by atoms with E-state index in [0.717, 1.165) is 24.3 Å². The molecule has 0 atom stereocenters. The first-order valence-electron chi connectivity index (χ1n) is 22.1. The zero-order valence-electron chi connectivity index (χ0n) is 38.4. The van der Waals surface area contributed by atoms with Gasteiger partial charge in [0.2, 0.25) is 20.0 Å². The zero-order valence-corrected chi connectivity index (χ0v) is 41.1. The number of aromatic nitrogens is 2. The van der Waals surface area contributed by atoms with E-state index in [0.29, 0.717) is 57.6 Å². The lowest BCUT2D eigenvalue weighted by molar-refractivity contribution is 0.0891. The first-order valence-corrected chi connectivity index (χ1v) is 28.1. The molecule has 4 aromatic rings. The molecule has 0 aliphatic carbocycles. The first-order chi connectivity index (χ1) is 31.3. The molecule has 0 saturated carbocycles. The summed E-state index contributed by atoms with van der Waals surface area (Å²) in [5, 5.41) is 8.04. The number of pyridine rings is 2. The maximum Gasteiger partial charge on any atom is 0.410 e. The van der Waals surface area contributed by atoms with Gasteiger partial charge in [-0.2, -0.15) is 0 Å². The molecular formula is C46H64N6O11S2Si. The molecule has 0 unspecified atom stereocenters. The summed E-state index contributed by atoms with van der Waals surface area (Å²) in [5.41, 5.74) is 1.81. The SMILES string of the molecule is C1CCOC1.CC(C)(C)[Si](C)(C)Oc1ccc(NS(=O)(=O)C2CCN(C(=O)OCc3ccccc3)CC2)nc1.O=C(OCc1ccccc1)N1CCC(S(=O)(=O)Nc2ccc(O)cn2)CC1. The highest BCUT2D eigenvalue weighted by molar-refractivity contribution is 7.93. The van der Waals surface area contributed by atoms with Crippen molar-refractivity contribution in [2.45, 2.75) is 101 Å². The summed E-state index contributed by atoms with van der Waals surface area (Å²) in [4.78, 5) is 35.6. The molecule has 3 aliphatic heterocycles. The van der Waals surface area contributed by atoms with Gasteiger partial charge in [0, 0.05) is 39.4 Å². The molecule has 3 saturated heterocycles. The van der Waals surface area contributed by atoms with Crippen molar-refractivity contribution in [3.8, 4) is 11.5 Å². The van der Waals surface area contributed by atoms with E-state index in [1.165, 1.54) is 36.1 Å². The second kappa shape index (κ2) is 23.8. The smallest absolute Gasteiger partial charge is 0.410 e. The molecular weight excluding hydrogens is 905 g/mol. The first kappa shape index (κ1) is 51.5. The second-order valence-corrected chi connectivity index (χ2v) is 26.4. The van der Waals surface area contributed by atoms with Gasteiger partial charge in [0.25, 0.3) is 8.32 Å². The molecule has 0 bridgehead atoms. The predicted octanol–water partition coefficient (Wildman–Crippen LogP) is 8.14. The van der Waals surface area contributed by atoms with Crippen molar-refractivity contribution in [1.82, 2.24) is 19.8 Å². The molecule has 5 heterocycles. The van der Waals surface area contributed by atoms with Gasteiger partial charge in [0.15, 0.2) is 0 Å². The van der Waals surface area contributed by atoms with Crippen LogP contribution in [-0.4, -0.2) is 112 Å². The van der Waals surface area contributed by atoms with Crippen molar-refractivity contribution in [3.05, 3.63) is 108 Å². The van der Waals surface area contributed by atoms with Gasteiger partial charge in [-0.25, -0.2) is 36.4 Å². The van der Waals surface area contributed by atoms with Gasteiger partial charge in [-0.3, -0.25) is 9.44 Å². The lowest BCUT2D eigenvalue weighted by atomic mass is 10.1. The van der Waals surface area contributed by atoms with Crippen molar-refractivity contribution in [3.63, 3.8) is 0 Å². The van der Waals surface area contributed by atoms with Gasteiger partial charge in [0.05, 0.1) is 22.9 Å². The van der Waals surface area contributed by atoms with E-state index in [4.69, 9.17) is 18.6 Å². The summed E-state index contributed by atoms with van der Waals surface area (Å²) in [7, 11) is -9.26. The normalized spacial score (nSPS) is 16.1. The number of amides is 2. The van der Waals surface area contributed by atoms with Gasteiger partial charge >= 0.3 is 12.2 Å². The number of rotatable bonds is 12. The summed E-state index contributed by atoms with van der Waals surface area (Å²) in [6, 6.07) is 24.9. The van der Waals surface area contributed by atoms with Crippen LogP contribution in [0.5, 0.6) is 11.5 Å². The number of likely N-dealkylation sites (tertiary alicyclic amines) is 2. The minimum Gasteiger partial charge on any atom is -0.542 e. The number of nitrogens with zero attached hydrogens (tertiary/aromatic N) is 4. The highest BCUT2D eigenvalue weighted by atomic mass is 32.2. The zero-order chi connectivity index (χ0) is 47.8. The average Bonchev–Trinajstić information content (AvgIpc) is 3.90. The van der Waals surface area contributed by atoms with E-state index in [9.17, 15) is 31.5 Å². The van der Waals surface area contributed by atoms with Gasteiger partial charge in [-0.05, 0) is 92.0 Å². The molecule has 360 valence electrons. The maximum absolute atomic E-state index is 12.9. The van der Waals surface area contributed by atoms with E-state index < -0.39 is 51.1 Å². The molecule has 3 aliphatic rings. The highest BCUT2D eigenvalue weighted by Crippen LogP contribution is 2.37. The Labute approximate surface area is 390 Å². The summed E-state index contributed by atoms with van der Waals surface area (Å²) in [6.45, 7) is 14.4. The molecule has 0 spiro atoms. The third kappa shape index (κ3) is 16.2. The Balaban J connectivity index is 0.000000228. The lowest BCUT2D eigenvalue weighted by Crippen LogP contribution is -2.44. The monoisotopic (exact) mass is 968 g/mol. The Hall–Kier alpha value is -5.44. The van der Waals surface area contributed by atoms with E-state index in [1.807, 2.05) is 60.7 Å². The number of piperidine rings is 2. The Morgan fingerprint density at radius 2 is 1.11 bits per heavy atom. The van der Waals surface area contributed by atoms with E-state index in [2.05, 4.69) is 53.3 Å². The summed E-state index contributed by atoms with van der Waals surface area (Å²) < 4.78 is 77.5. The van der Waals surface area contributed by atoms with E-state index >= 15 is 0 Å². The molecule has 20 heteroatoms. The van der Waals surface area contributed by atoms with Crippen LogP contribution in [0.1, 0.15) is 70.4 Å². The van der Waals surface area contributed by atoms with Crippen LogP contribution in [-0.2, 0) is 47.5 Å². The van der Waals surface area contributed by atoms with Gasteiger partial charge in [0.1, 0.15) is 36.3 Å². The summed E-state index contributed by atoms with van der Waals surface area (Å²) in [6.07, 6.45) is 5.72. The molecule has 7 rings (SSSR count). The van der Waals surface area contributed by atoms with Crippen LogP contribution in [0.4, 0.5) is 21.2 Å². The van der Waals surface area contributed by atoms with Crippen molar-refractivity contribution in [2.24, 2.45) is 0 Å². The quantitative estimate of drug-likeness (QED) is 0.114. The number of ether oxygens (including phenoxy) is 3. The highest BCUT2D eigenvalue weighted by Gasteiger charge is 2.39. The largest absolute Gasteiger partial charge is 0.542 e. The third-order valence-electron chi connectivity index (χ3n) is 11.7. The summed E-state index contributed by atoms with van der Waals surface area (Å²) >= 11 is 0. The van der Waals surface area contributed by atoms with Gasteiger partial charge < -0.3 is 33.5 Å².